The molecule has 17 heavy (non-hydrogen) atoms. The van der Waals surface area contributed by atoms with Gasteiger partial charge in [-0.3, -0.25) is 0 Å². The van der Waals surface area contributed by atoms with Gasteiger partial charge in [0.2, 0.25) is 0 Å². The Kier molecular flexibility index (Phi) is 6.62. The lowest BCUT2D eigenvalue weighted by Gasteiger charge is -2.16. The number of aliphatic hydroxyl groups is 2. The monoisotopic (exact) mass is 239 g/mol. The fourth-order valence-corrected chi connectivity index (χ4v) is 1.40. The van der Waals surface area contributed by atoms with Crippen molar-refractivity contribution in [3.63, 3.8) is 0 Å². The van der Waals surface area contributed by atoms with Crippen LogP contribution in [0.5, 0.6) is 5.75 Å². The topological polar surface area (TPSA) is 61.7 Å². The molecule has 1 rings (SSSR count). The summed E-state index contributed by atoms with van der Waals surface area (Å²) in [5.74, 6) is 0.759. The molecular weight excluding hydrogens is 218 g/mol. The molecule has 4 nitrogen and oxygen atoms in total. The second-order valence-electron chi connectivity index (χ2n) is 4.10. The van der Waals surface area contributed by atoms with Crippen molar-refractivity contribution in [1.82, 2.24) is 5.32 Å². The molecule has 0 amide bonds. The minimum Gasteiger partial charge on any atom is -0.491 e. The maximum absolute atomic E-state index is 9.68. The predicted molar refractivity (Wildman–Crippen MR) is 67.1 cm³/mol. The van der Waals surface area contributed by atoms with Gasteiger partial charge in [0.15, 0.2) is 0 Å². The zero-order valence-electron chi connectivity index (χ0n) is 10.2. The second-order valence-corrected chi connectivity index (χ2v) is 4.10. The van der Waals surface area contributed by atoms with Crippen LogP contribution in [-0.4, -0.2) is 42.1 Å². The lowest BCUT2D eigenvalue weighted by atomic mass is 10.2. The number of nitrogens with one attached hydrogen (secondary N) is 1. The molecule has 0 saturated carbocycles. The molecule has 2 unspecified atom stereocenters. The molecule has 0 aromatic heterocycles. The van der Waals surface area contributed by atoms with Crippen LogP contribution in [0.3, 0.4) is 0 Å². The number of hydrogen-bond acceptors (Lipinski definition) is 4. The van der Waals surface area contributed by atoms with Gasteiger partial charge in [0.1, 0.15) is 18.5 Å². The lowest BCUT2D eigenvalue weighted by Crippen LogP contribution is -2.37. The van der Waals surface area contributed by atoms with Crippen molar-refractivity contribution in [3.8, 4) is 5.75 Å². The predicted octanol–water partition coefficient (Wildman–Crippen LogP) is 0.787. The zero-order chi connectivity index (χ0) is 12.5. The molecule has 0 bridgehead atoms. The van der Waals surface area contributed by atoms with Crippen LogP contribution in [0.25, 0.3) is 0 Å². The first-order valence-corrected chi connectivity index (χ1v) is 5.92. The van der Waals surface area contributed by atoms with E-state index in [9.17, 15) is 5.11 Å². The number of rotatable bonds is 8. The van der Waals surface area contributed by atoms with Gasteiger partial charge < -0.3 is 20.3 Å². The van der Waals surface area contributed by atoms with Gasteiger partial charge in [-0.05, 0) is 25.5 Å². The number of hydrogen-bond donors (Lipinski definition) is 3. The Morgan fingerprint density at radius 1 is 1.29 bits per heavy atom. The van der Waals surface area contributed by atoms with Crippen molar-refractivity contribution >= 4 is 0 Å². The highest BCUT2D eigenvalue weighted by atomic mass is 16.5. The van der Waals surface area contributed by atoms with Gasteiger partial charge in [-0.15, -0.1) is 0 Å². The van der Waals surface area contributed by atoms with Gasteiger partial charge in [0.05, 0.1) is 0 Å². The fraction of sp³-hybridized carbons (Fsp3) is 0.538. The van der Waals surface area contributed by atoms with Crippen molar-refractivity contribution in [2.45, 2.75) is 25.5 Å². The van der Waals surface area contributed by atoms with Crippen molar-refractivity contribution in [2.75, 3.05) is 19.8 Å². The van der Waals surface area contributed by atoms with Crippen LogP contribution >= 0.6 is 0 Å². The van der Waals surface area contributed by atoms with Crippen molar-refractivity contribution in [1.29, 1.82) is 0 Å². The SMILES string of the molecule is CC(CCO)NCC(O)COc1ccccc1. The van der Waals surface area contributed by atoms with E-state index in [1.54, 1.807) is 0 Å². The van der Waals surface area contributed by atoms with E-state index >= 15 is 0 Å². The van der Waals surface area contributed by atoms with Crippen LogP contribution in [0.15, 0.2) is 30.3 Å². The molecule has 0 spiro atoms. The molecule has 0 saturated heterocycles. The molecule has 2 atom stereocenters. The Morgan fingerprint density at radius 2 is 2.00 bits per heavy atom. The summed E-state index contributed by atoms with van der Waals surface area (Å²) in [6, 6.07) is 9.61. The maximum atomic E-state index is 9.68. The van der Waals surface area contributed by atoms with E-state index in [2.05, 4.69) is 5.32 Å². The van der Waals surface area contributed by atoms with Crippen LogP contribution in [0.1, 0.15) is 13.3 Å². The van der Waals surface area contributed by atoms with Gasteiger partial charge >= 0.3 is 0 Å². The number of para-hydroxylation sites is 1. The first-order chi connectivity index (χ1) is 8.22. The first kappa shape index (κ1) is 14.0. The Morgan fingerprint density at radius 3 is 2.65 bits per heavy atom. The van der Waals surface area contributed by atoms with Gasteiger partial charge in [-0.25, -0.2) is 0 Å². The van der Waals surface area contributed by atoms with Crippen molar-refractivity contribution in [3.05, 3.63) is 30.3 Å². The van der Waals surface area contributed by atoms with Gasteiger partial charge in [-0.1, -0.05) is 18.2 Å². The highest BCUT2D eigenvalue weighted by molar-refractivity contribution is 5.20. The number of aliphatic hydroxyl groups excluding tert-OH is 2. The fourth-order valence-electron chi connectivity index (χ4n) is 1.40. The van der Waals surface area contributed by atoms with Crippen LogP contribution < -0.4 is 10.1 Å². The lowest BCUT2D eigenvalue weighted by molar-refractivity contribution is 0.103. The quantitative estimate of drug-likeness (QED) is 0.627. The molecule has 1 aromatic rings. The molecule has 1 aromatic carbocycles. The van der Waals surface area contributed by atoms with Gasteiger partial charge in [0.25, 0.3) is 0 Å². The van der Waals surface area contributed by atoms with E-state index in [1.807, 2.05) is 37.3 Å². The average molecular weight is 239 g/mol. The summed E-state index contributed by atoms with van der Waals surface area (Å²) in [5.41, 5.74) is 0. The maximum Gasteiger partial charge on any atom is 0.119 e. The first-order valence-electron chi connectivity index (χ1n) is 5.92. The summed E-state index contributed by atoms with van der Waals surface area (Å²) in [4.78, 5) is 0. The molecule has 0 heterocycles. The summed E-state index contributed by atoms with van der Waals surface area (Å²) >= 11 is 0. The Labute approximate surface area is 102 Å². The van der Waals surface area contributed by atoms with Crippen LogP contribution in [0, 0.1) is 0 Å². The Balaban J connectivity index is 2.15. The third kappa shape index (κ3) is 6.26. The summed E-state index contributed by atoms with van der Waals surface area (Å²) in [5, 5.41) is 21.5. The van der Waals surface area contributed by atoms with E-state index in [4.69, 9.17) is 9.84 Å². The normalized spacial score (nSPS) is 14.3. The highest BCUT2D eigenvalue weighted by Crippen LogP contribution is 2.08. The van der Waals surface area contributed by atoms with Crippen molar-refractivity contribution in [2.24, 2.45) is 0 Å². The minimum absolute atomic E-state index is 0.158. The largest absolute Gasteiger partial charge is 0.491 e. The molecule has 3 N–H and O–H groups in total. The van der Waals surface area contributed by atoms with Gasteiger partial charge in [0, 0.05) is 19.2 Å². The molecule has 0 fully saturated rings. The Bertz CT molecular complexity index is 292. The molecule has 0 radical (unpaired) electrons. The standard InChI is InChI=1S/C13H21NO3/c1-11(7-8-15)14-9-12(16)10-17-13-5-3-2-4-6-13/h2-6,11-12,14-16H,7-10H2,1H3. The zero-order valence-corrected chi connectivity index (χ0v) is 10.2. The van der Waals surface area contributed by atoms with E-state index in [-0.39, 0.29) is 19.3 Å². The second kappa shape index (κ2) is 8.06. The average Bonchev–Trinajstić information content (AvgIpc) is 2.35. The van der Waals surface area contributed by atoms with E-state index in [1.165, 1.54) is 0 Å². The van der Waals surface area contributed by atoms with E-state index < -0.39 is 6.10 Å². The number of ether oxygens (including phenoxy) is 1. The summed E-state index contributed by atoms with van der Waals surface area (Å²) in [7, 11) is 0. The molecular formula is C13H21NO3. The summed E-state index contributed by atoms with van der Waals surface area (Å²) in [6.07, 6.45) is 0.142. The van der Waals surface area contributed by atoms with Gasteiger partial charge in [-0.2, -0.15) is 0 Å². The van der Waals surface area contributed by atoms with Crippen LogP contribution in [0.4, 0.5) is 0 Å². The van der Waals surface area contributed by atoms with Crippen LogP contribution in [-0.2, 0) is 0 Å². The smallest absolute Gasteiger partial charge is 0.119 e. The van der Waals surface area contributed by atoms with E-state index in [0.29, 0.717) is 13.0 Å². The molecule has 0 aliphatic rings. The Hall–Kier alpha value is -1.10. The van der Waals surface area contributed by atoms with Crippen molar-refractivity contribution < 1.29 is 14.9 Å². The molecule has 0 aliphatic heterocycles. The number of benzene rings is 1. The highest BCUT2D eigenvalue weighted by Gasteiger charge is 2.07. The third-order valence-corrected chi connectivity index (χ3v) is 2.45. The minimum atomic E-state index is -0.545. The third-order valence-electron chi connectivity index (χ3n) is 2.45. The summed E-state index contributed by atoms with van der Waals surface area (Å²) < 4.78 is 5.42. The summed E-state index contributed by atoms with van der Waals surface area (Å²) in [6.45, 7) is 2.86. The van der Waals surface area contributed by atoms with E-state index in [0.717, 1.165) is 5.75 Å². The molecule has 4 heteroatoms. The molecule has 0 aliphatic carbocycles. The molecule has 96 valence electrons. The van der Waals surface area contributed by atoms with Crippen LogP contribution in [0.2, 0.25) is 0 Å².